The van der Waals surface area contributed by atoms with Gasteiger partial charge in [0.2, 0.25) is 0 Å². The van der Waals surface area contributed by atoms with Crippen molar-refractivity contribution in [1.82, 2.24) is 0 Å². The third-order valence-corrected chi connectivity index (χ3v) is 4.80. The molecule has 2 aliphatic rings. The predicted octanol–water partition coefficient (Wildman–Crippen LogP) is 3.61. The maximum Gasteiger partial charge on any atom is 0.130 e. The average Bonchev–Trinajstić information content (AvgIpc) is 2.81. The Kier molecular flexibility index (Phi) is 3.48. The lowest BCUT2D eigenvalue weighted by Gasteiger charge is -2.34. The second kappa shape index (κ2) is 5.12. The molecule has 1 aromatic carbocycles. The van der Waals surface area contributed by atoms with Gasteiger partial charge in [0, 0.05) is 29.9 Å². The van der Waals surface area contributed by atoms with Crippen LogP contribution in [-0.4, -0.2) is 12.6 Å². The Bertz CT molecular complexity index is 458. The highest BCUT2D eigenvalue weighted by Crippen LogP contribution is 2.41. The summed E-state index contributed by atoms with van der Waals surface area (Å²) in [6.07, 6.45) is 6.50. The van der Waals surface area contributed by atoms with E-state index < -0.39 is 0 Å². The van der Waals surface area contributed by atoms with Gasteiger partial charge < -0.3 is 10.6 Å². The van der Waals surface area contributed by atoms with Crippen LogP contribution in [0.3, 0.4) is 0 Å². The van der Waals surface area contributed by atoms with E-state index in [1.165, 1.54) is 38.2 Å². The van der Waals surface area contributed by atoms with Crippen molar-refractivity contribution in [3.63, 3.8) is 0 Å². The minimum atomic E-state index is -0.251. The quantitative estimate of drug-likeness (QED) is 0.882. The Balaban J connectivity index is 1.96. The largest absolute Gasteiger partial charge is 0.368 e. The molecule has 1 saturated heterocycles. The van der Waals surface area contributed by atoms with Gasteiger partial charge in [0.25, 0.3) is 0 Å². The number of nitrogens with zero attached hydrogens (tertiary/aromatic N) is 1. The number of fused-ring (bicyclic) bond motifs is 1. The molecule has 3 atom stereocenters. The van der Waals surface area contributed by atoms with Gasteiger partial charge in [-0.2, -0.15) is 0 Å². The second-order valence-electron chi connectivity index (χ2n) is 6.06. The van der Waals surface area contributed by atoms with Crippen LogP contribution in [0.25, 0.3) is 0 Å². The molecular formula is C16H23FN2. The predicted molar refractivity (Wildman–Crippen MR) is 76.7 cm³/mol. The van der Waals surface area contributed by atoms with E-state index in [4.69, 9.17) is 5.73 Å². The van der Waals surface area contributed by atoms with E-state index in [1.807, 2.05) is 19.1 Å². The molecule has 1 aliphatic heterocycles. The van der Waals surface area contributed by atoms with E-state index in [9.17, 15) is 4.39 Å². The Labute approximate surface area is 114 Å². The number of anilines is 1. The summed E-state index contributed by atoms with van der Waals surface area (Å²) in [7, 11) is 0. The zero-order chi connectivity index (χ0) is 13.4. The number of hydrogen-bond acceptors (Lipinski definition) is 2. The average molecular weight is 262 g/mol. The van der Waals surface area contributed by atoms with Crippen LogP contribution in [0.15, 0.2) is 18.2 Å². The summed E-state index contributed by atoms with van der Waals surface area (Å²) in [6, 6.07) is 5.73. The number of benzene rings is 1. The first-order valence-corrected chi connectivity index (χ1v) is 7.49. The van der Waals surface area contributed by atoms with Gasteiger partial charge in [0.05, 0.1) is 0 Å². The molecule has 2 fully saturated rings. The Hall–Kier alpha value is -1.09. The van der Waals surface area contributed by atoms with Crippen molar-refractivity contribution >= 4 is 5.69 Å². The Morgan fingerprint density at radius 2 is 2.05 bits per heavy atom. The van der Waals surface area contributed by atoms with E-state index in [1.54, 1.807) is 0 Å². The van der Waals surface area contributed by atoms with E-state index in [2.05, 4.69) is 4.90 Å². The second-order valence-corrected chi connectivity index (χ2v) is 6.06. The van der Waals surface area contributed by atoms with Gasteiger partial charge in [-0.3, -0.25) is 0 Å². The molecule has 1 aliphatic carbocycles. The fourth-order valence-corrected chi connectivity index (χ4v) is 3.93. The summed E-state index contributed by atoms with van der Waals surface area (Å²) in [5, 5.41) is 0. The first kappa shape index (κ1) is 12.9. The molecule has 0 amide bonds. The minimum Gasteiger partial charge on any atom is -0.368 e. The number of halogens is 1. The van der Waals surface area contributed by atoms with Crippen LogP contribution >= 0.6 is 0 Å². The van der Waals surface area contributed by atoms with Crippen molar-refractivity contribution < 1.29 is 4.39 Å². The van der Waals surface area contributed by atoms with E-state index in [0.29, 0.717) is 11.6 Å². The lowest BCUT2D eigenvalue weighted by molar-refractivity contribution is 0.341. The fraction of sp³-hybridized carbons (Fsp3) is 0.625. The monoisotopic (exact) mass is 262 g/mol. The maximum atomic E-state index is 14.1. The first-order valence-electron chi connectivity index (χ1n) is 7.49. The van der Waals surface area contributed by atoms with Crippen LogP contribution in [0.5, 0.6) is 0 Å². The molecule has 3 heteroatoms. The zero-order valence-electron chi connectivity index (χ0n) is 11.6. The topological polar surface area (TPSA) is 29.3 Å². The summed E-state index contributed by atoms with van der Waals surface area (Å²) < 4.78 is 14.1. The smallest absolute Gasteiger partial charge is 0.130 e. The molecular weight excluding hydrogens is 239 g/mol. The molecule has 0 radical (unpaired) electrons. The normalized spacial score (nSPS) is 28.3. The highest BCUT2D eigenvalue weighted by molar-refractivity contribution is 5.57. The lowest BCUT2D eigenvalue weighted by Crippen LogP contribution is -2.35. The van der Waals surface area contributed by atoms with E-state index >= 15 is 0 Å². The van der Waals surface area contributed by atoms with Crippen molar-refractivity contribution in [3.8, 4) is 0 Å². The Morgan fingerprint density at radius 1 is 1.26 bits per heavy atom. The molecule has 1 saturated carbocycles. The summed E-state index contributed by atoms with van der Waals surface area (Å²) >= 11 is 0. The molecule has 3 rings (SSSR count). The van der Waals surface area contributed by atoms with Crippen LogP contribution in [0.4, 0.5) is 10.1 Å². The van der Waals surface area contributed by atoms with Crippen molar-refractivity contribution in [2.75, 3.05) is 11.4 Å². The molecule has 0 aromatic heterocycles. The zero-order valence-corrected chi connectivity index (χ0v) is 11.6. The third-order valence-electron chi connectivity index (χ3n) is 4.80. The van der Waals surface area contributed by atoms with Crippen LogP contribution < -0.4 is 10.6 Å². The SMILES string of the molecule is C[C@H](N)c1c(F)cccc1N1CCC2CCCCC21. The van der Waals surface area contributed by atoms with Crippen molar-refractivity contribution in [2.24, 2.45) is 11.7 Å². The number of nitrogens with two attached hydrogens (primary N) is 1. The van der Waals surface area contributed by atoms with Gasteiger partial charge in [-0.25, -0.2) is 4.39 Å². The van der Waals surface area contributed by atoms with E-state index in [0.717, 1.165) is 18.2 Å². The summed E-state index contributed by atoms with van der Waals surface area (Å²) in [4.78, 5) is 2.42. The molecule has 0 spiro atoms. The summed E-state index contributed by atoms with van der Waals surface area (Å²) in [5.74, 6) is 0.643. The van der Waals surface area contributed by atoms with Gasteiger partial charge in [-0.05, 0) is 44.2 Å². The van der Waals surface area contributed by atoms with Gasteiger partial charge in [-0.15, -0.1) is 0 Å². The van der Waals surface area contributed by atoms with Gasteiger partial charge in [0.1, 0.15) is 5.82 Å². The molecule has 104 valence electrons. The lowest BCUT2D eigenvalue weighted by atomic mass is 9.85. The fourth-order valence-electron chi connectivity index (χ4n) is 3.93. The van der Waals surface area contributed by atoms with Crippen molar-refractivity contribution in [2.45, 2.75) is 51.1 Å². The van der Waals surface area contributed by atoms with Crippen LogP contribution in [0, 0.1) is 11.7 Å². The molecule has 2 nitrogen and oxygen atoms in total. The van der Waals surface area contributed by atoms with E-state index in [-0.39, 0.29) is 11.9 Å². The maximum absolute atomic E-state index is 14.1. The minimum absolute atomic E-state index is 0.160. The van der Waals surface area contributed by atoms with Gasteiger partial charge in [-0.1, -0.05) is 18.9 Å². The number of rotatable bonds is 2. The van der Waals surface area contributed by atoms with Gasteiger partial charge >= 0.3 is 0 Å². The molecule has 19 heavy (non-hydrogen) atoms. The van der Waals surface area contributed by atoms with Crippen LogP contribution in [0.2, 0.25) is 0 Å². The highest BCUT2D eigenvalue weighted by Gasteiger charge is 2.36. The third kappa shape index (κ3) is 2.25. The van der Waals surface area contributed by atoms with Gasteiger partial charge in [0.15, 0.2) is 0 Å². The highest BCUT2D eigenvalue weighted by atomic mass is 19.1. The molecule has 1 aromatic rings. The summed E-state index contributed by atoms with van der Waals surface area (Å²) in [5.41, 5.74) is 7.70. The summed E-state index contributed by atoms with van der Waals surface area (Å²) in [6.45, 7) is 2.93. The molecule has 2 unspecified atom stereocenters. The van der Waals surface area contributed by atoms with Crippen LogP contribution in [0.1, 0.15) is 50.6 Å². The first-order chi connectivity index (χ1) is 9.18. The van der Waals surface area contributed by atoms with Crippen molar-refractivity contribution in [1.29, 1.82) is 0 Å². The standard InChI is InChI=1S/C16H23FN2/c1-11(18)16-13(17)6-4-8-15(16)19-10-9-12-5-2-3-7-14(12)19/h4,6,8,11-12,14H,2-3,5,7,9-10,18H2,1H3/t11-,12?,14?/m0/s1. The molecule has 1 heterocycles. The number of hydrogen-bond donors (Lipinski definition) is 1. The van der Waals surface area contributed by atoms with Crippen molar-refractivity contribution in [3.05, 3.63) is 29.6 Å². The molecule has 2 N–H and O–H groups in total. The Morgan fingerprint density at radius 3 is 2.84 bits per heavy atom. The van der Waals surface area contributed by atoms with Crippen LogP contribution in [-0.2, 0) is 0 Å². The molecule has 0 bridgehead atoms.